The number of benzene rings is 1. The van der Waals surface area contributed by atoms with Crippen LogP contribution in [0.25, 0.3) is 0 Å². The lowest BCUT2D eigenvalue weighted by Gasteiger charge is -2.16. The minimum absolute atomic E-state index is 0.154. The molecule has 0 unspecified atom stereocenters. The molecule has 2 rings (SSSR count). The molecular weight excluding hydrogens is 234 g/mol. The van der Waals surface area contributed by atoms with Gasteiger partial charge in [-0.3, -0.25) is 0 Å². The third kappa shape index (κ3) is 3.53. The van der Waals surface area contributed by atoms with Gasteiger partial charge in [0.05, 0.1) is 11.1 Å². The van der Waals surface area contributed by atoms with Crippen molar-refractivity contribution in [3.8, 4) is 5.75 Å². The van der Waals surface area contributed by atoms with Crippen molar-refractivity contribution in [1.29, 1.82) is 0 Å². The van der Waals surface area contributed by atoms with Gasteiger partial charge in [-0.05, 0) is 44.9 Å². The molecule has 0 bridgehead atoms. The molecule has 1 aliphatic carbocycles. The average Bonchev–Trinajstić information content (AvgIpc) is 2.74. The van der Waals surface area contributed by atoms with Gasteiger partial charge < -0.3 is 10.1 Å². The molecule has 1 aromatic rings. The Morgan fingerprint density at radius 1 is 1.29 bits per heavy atom. The van der Waals surface area contributed by atoms with Crippen molar-refractivity contribution in [2.24, 2.45) is 0 Å². The van der Waals surface area contributed by atoms with E-state index in [9.17, 15) is 0 Å². The Morgan fingerprint density at radius 2 is 2.00 bits per heavy atom. The van der Waals surface area contributed by atoms with Gasteiger partial charge in [0.2, 0.25) is 0 Å². The summed E-state index contributed by atoms with van der Waals surface area (Å²) in [6.45, 7) is 4.00. The number of hydrogen-bond donors (Lipinski definition) is 1. The second-order valence-electron chi connectivity index (χ2n) is 4.94. The molecular formula is C14H20ClNO. The van der Waals surface area contributed by atoms with Crippen molar-refractivity contribution in [1.82, 2.24) is 0 Å². The SMILES string of the molecule is CC(C)Oc1ccc(NC2CCCC2)cc1Cl. The highest BCUT2D eigenvalue weighted by atomic mass is 35.5. The molecule has 0 atom stereocenters. The molecule has 1 saturated carbocycles. The van der Waals surface area contributed by atoms with Crippen molar-refractivity contribution in [3.05, 3.63) is 23.2 Å². The standard InChI is InChI=1S/C14H20ClNO/c1-10(2)17-14-8-7-12(9-13(14)15)16-11-5-3-4-6-11/h7-11,16H,3-6H2,1-2H3. The molecule has 0 heterocycles. The van der Waals surface area contributed by atoms with E-state index in [2.05, 4.69) is 5.32 Å². The molecule has 17 heavy (non-hydrogen) atoms. The summed E-state index contributed by atoms with van der Waals surface area (Å²) < 4.78 is 5.61. The first-order valence-corrected chi connectivity index (χ1v) is 6.75. The molecule has 0 amide bonds. The molecule has 94 valence electrons. The molecule has 0 radical (unpaired) electrons. The van der Waals surface area contributed by atoms with Gasteiger partial charge >= 0.3 is 0 Å². The van der Waals surface area contributed by atoms with E-state index in [1.807, 2.05) is 32.0 Å². The van der Waals surface area contributed by atoms with Crippen LogP contribution >= 0.6 is 11.6 Å². The van der Waals surface area contributed by atoms with Crippen molar-refractivity contribution in [2.45, 2.75) is 51.7 Å². The Hall–Kier alpha value is -0.890. The number of halogens is 1. The number of nitrogens with one attached hydrogen (secondary N) is 1. The highest BCUT2D eigenvalue weighted by molar-refractivity contribution is 6.32. The molecule has 0 spiro atoms. The van der Waals surface area contributed by atoms with Crippen LogP contribution < -0.4 is 10.1 Å². The fraction of sp³-hybridized carbons (Fsp3) is 0.571. The lowest BCUT2D eigenvalue weighted by molar-refractivity contribution is 0.242. The number of rotatable bonds is 4. The highest BCUT2D eigenvalue weighted by Gasteiger charge is 2.15. The molecule has 0 aromatic heterocycles. The lowest BCUT2D eigenvalue weighted by Crippen LogP contribution is -2.14. The zero-order valence-electron chi connectivity index (χ0n) is 10.5. The Morgan fingerprint density at radius 3 is 2.59 bits per heavy atom. The predicted octanol–water partition coefficient (Wildman–Crippen LogP) is 4.48. The third-order valence-corrected chi connectivity index (χ3v) is 3.32. The number of hydrogen-bond acceptors (Lipinski definition) is 2. The molecule has 1 N–H and O–H groups in total. The van der Waals surface area contributed by atoms with E-state index in [4.69, 9.17) is 16.3 Å². The first-order chi connectivity index (χ1) is 8.15. The maximum atomic E-state index is 6.19. The van der Waals surface area contributed by atoms with E-state index in [0.717, 1.165) is 11.4 Å². The van der Waals surface area contributed by atoms with Gasteiger partial charge in [-0.15, -0.1) is 0 Å². The van der Waals surface area contributed by atoms with Crippen LogP contribution in [0.4, 0.5) is 5.69 Å². The van der Waals surface area contributed by atoms with Crippen molar-refractivity contribution < 1.29 is 4.74 Å². The quantitative estimate of drug-likeness (QED) is 0.854. The zero-order valence-corrected chi connectivity index (χ0v) is 11.3. The lowest BCUT2D eigenvalue weighted by atomic mass is 10.2. The monoisotopic (exact) mass is 253 g/mol. The van der Waals surface area contributed by atoms with E-state index in [-0.39, 0.29) is 6.10 Å². The normalized spacial score (nSPS) is 16.5. The van der Waals surface area contributed by atoms with Crippen LogP contribution in [0.3, 0.4) is 0 Å². The van der Waals surface area contributed by atoms with Crippen LogP contribution in [0, 0.1) is 0 Å². The predicted molar refractivity (Wildman–Crippen MR) is 73.1 cm³/mol. The summed E-state index contributed by atoms with van der Waals surface area (Å²) in [6, 6.07) is 6.56. The maximum absolute atomic E-state index is 6.19. The van der Waals surface area contributed by atoms with Crippen LogP contribution in [-0.4, -0.2) is 12.1 Å². The van der Waals surface area contributed by atoms with Crippen molar-refractivity contribution in [3.63, 3.8) is 0 Å². The van der Waals surface area contributed by atoms with E-state index >= 15 is 0 Å². The van der Waals surface area contributed by atoms with Gasteiger partial charge in [0.15, 0.2) is 0 Å². The van der Waals surface area contributed by atoms with Gasteiger partial charge in [-0.25, -0.2) is 0 Å². The van der Waals surface area contributed by atoms with E-state index in [1.54, 1.807) is 0 Å². The minimum Gasteiger partial charge on any atom is -0.489 e. The Labute approximate surface area is 108 Å². The summed E-state index contributed by atoms with van der Waals surface area (Å²) in [5, 5.41) is 4.20. The van der Waals surface area contributed by atoms with E-state index in [0.29, 0.717) is 11.1 Å². The first-order valence-electron chi connectivity index (χ1n) is 6.38. The average molecular weight is 254 g/mol. The maximum Gasteiger partial charge on any atom is 0.138 e. The van der Waals surface area contributed by atoms with Gasteiger partial charge in [0.1, 0.15) is 5.75 Å². The van der Waals surface area contributed by atoms with Crippen LogP contribution in [0.15, 0.2) is 18.2 Å². The number of ether oxygens (including phenoxy) is 1. The fourth-order valence-corrected chi connectivity index (χ4v) is 2.47. The summed E-state index contributed by atoms with van der Waals surface area (Å²) in [5.74, 6) is 0.763. The summed E-state index contributed by atoms with van der Waals surface area (Å²) in [4.78, 5) is 0. The van der Waals surface area contributed by atoms with Crippen molar-refractivity contribution >= 4 is 17.3 Å². The molecule has 1 aromatic carbocycles. The molecule has 1 aliphatic rings. The Balaban J connectivity index is 2.02. The Bertz CT molecular complexity index is 372. The van der Waals surface area contributed by atoms with Gasteiger partial charge in [-0.1, -0.05) is 24.4 Å². The second-order valence-corrected chi connectivity index (χ2v) is 5.34. The second kappa shape index (κ2) is 5.63. The van der Waals surface area contributed by atoms with Crippen LogP contribution in [0.1, 0.15) is 39.5 Å². The summed E-state index contributed by atoms with van der Waals surface area (Å²) >= 11 is 6.19. The smallest absolute Gasteiger partial charge is 0.138 e. The van der Waals surface area contributed by atoms with E-state index in [1.165, 1.54) is 25.7 Å². The topological polar surface area (TPSA) is 21.3 Å². The first kappa shape index (κ1) is 12.6. The van der Waals surface area contributed by atoms with Crippen LogP contribution in [0.2, 0.25) is 5.02 Å². The van der Waals surface area contributed by atoms with Gasteiger partial charge in [0.25, 0.3) is 0 Å². The highest BCUT2D eigenvalue weighted by Crippen LogP contribution is 2.30. The molecule has 0 saturated heterocycles. The summed E-state index contributed by atoms with van der Waals surface area (Å²) in [6.07, 6.45) is 5.35. The molecule has 0 aliphatic heterocycles. The molecule has 2 nitrogen and oxygen atoms in total. The Kier molecular flexibility index (Phi) is 4.16. The zero-order chi connectivity index (χ0) is 12.3. The molecule has 3 heteroatoms. The third-order valence-electron chi connectivity index (χ3n) is 3.02. The van der Waals surface area contributed by atoms with Crippen LogP contribution in [0.5, 0.6) is 5.75 Å². The van der Waals surface area contributed by atoms with E-state index < -0.39 is 0 Å². The largest absolute Gasteiger partial charge is 0.489 e. The fourth-order valence-electron chi connectivity index (χ4n) is 2.25. The summed E-state index contributed by atoms with van der Waals surface area (Å²) in [5.41, 5.74) is 1.10. The van der Waals surface area contributed by atoms with Gasteiger partial charge in [-0.2, -0.15) is 0 Å². The van der Waals surface area contributed by atoms with Gasteiger partial charge in [0, 0.05) is 11.7 Å². The van der Waals surface area contributed by atoms with Crippen molar-refractivity contribution in [2.75, 3.05) is 5.32 Å². The molecule has 1 fully saturated rings. The van der Waals surface area contributed by atoms with Crippen LogP contribution in [-0.2, 0) is 0 Å². The summed E-state index contributed by atoms with van der Waals surface area (Å²) in [7, 11) is 0. The minimum atomic E-state index is 0.154. The number of anilines is 1.